The van der Waals surface area contributed by atoms with E-state index in [9.17, 15) is 9.59 Å². The smallest absolute Gasteiger partial charge is 0.267 e. The summed E-state index contributed by atoms with van der Waals surface area (Å²) in [6.45, 7) is 6.50. The fourth-order valence-corrected chi connectivity index (χ4v) is 7.41. The SMILES string of the molecule is COc1ccc(-n2c(SCC(=O)Nc3cc(C)ccc3C)nc3sc4c(c3c2=O)CCN(Cc2ccccc2)C4)cc1. The number of aromatic nitrogens is 2. The maximum Gasteiger partial charge on any atom is 0.267 e. The van der Waals surface area contributed by atoms with E-state index in [1.165, 1.54) is 22.2 Å². The van der Waals surface area contributed by atoms with E-state index in [4.69, 9.17) is 9.72 Å². The second-order valence-corrected chi connectivity index (χ2v) is 12.5. The maximum absolute atomic E-state index is 14.2. The molecule has 9 heteroatoms. The molecule has 1 aliphatic rings. The van der Waals surface area contributed by atoms with Crippen molar-refractivity contribution in [3.05, 3.63) is 110 Å². The highest BCUT2D eigenvalue weighted by molar-refractivity contribution is 7.99. The highest BCUT2D eigenvalue weighted by atomic mass is 32.2. The first-order valence-corrected chi connectivity index (χ1v) is 15.7. The lowest BCUT2D eigenvalue weighted by molar-refractivity contribution is -0.113. The number of carbonyl (C=O) groups excluding carboxylic acids is 1. The first-order valence-electron chi connectivity index (χ1n) is 13.9. The molecule has 7 nitrogen and oxygen atoms in total. The number of nitrogens with one attached hydrogen (secondary N) is 1. The zero-order chi connectivity index (χ0) is 29.2. The summed E-state index contributed by atoms with van der Waals surface area (Å²) in [5, 5.41) is 4.20. The Morgan fingerprint density at radius 1 is 1.07 bits per heavy atom. The van der Waals surface area contributed by atoms with E-state index in [1.807, 2.05) is 62.4 Å². The first-order chi connectivity index (χ1) is 20.4. The molecule has 1 aliphatic heterocycles. The normalized spacial score (nSPS) is 13.2. The first kappa shape index (κ1) is 28.2. The molecule has 0 radical (unpaired) electrons. The standard InChI is InChI=1S/C33H32N4O3S2/c1-21-9-10-22(2)27(17-21)34-29(38)20-41-33-35-31-30(32(39)37(33)24-11-13-25(40-3)14-12-24)26-15-16-36(19-28(26)42-31)18-23-7-5-4-6-8-23/h4-14,17H,15-16,18-20H2,1-3H3,(H,34,38). The monoisotopic (exact) mass is 596 g/mol. The number of thiophene rings is 1. The topological polar surface area (TPSA) is 76.5 Å². The van der Waals surface area contributed by atoms with E-state index >= 15 is 0 Å². The molecule has 3 aromatic carbocycles. The number of fused-ring (bicyclic) bond motifs is 3. The number of rotatable bonds is 8. The van der Waals surface area contributed by atoms with Gasteiger partial charge in [-0.15, -0.1) is 11.3 Å². The lowest BCUT2D eigenvalue weighted by atomic mass is 10.0. The zero-order valence-corrected chi connectivity index (χ0v) is 25.5. The molecule has 0 saturated heterocycles. The van der Waals surface area contributed by atoms with E-state index in [1.54, 1.807) is 23.0 Å². The van der Waals surface area contributed by atoms with Crippen molar-refractivity contribution in [2.24, 2.45) is 0 Å². The number of nitrogens with zero attached hydrogens (tertiary/aromatic N) is 3. The van der Waals surface area contributed by atoms with Gasteiger partial charge in [0.2, 0.25) is 5.91 Å². The number of methoxy groups -OCH3 is 1. The van der Waals surface area contributed by atoms with Crippen molar-refractivity contribution in [2.45, 2.75) is 38.5 Å². The molecule has 0 bridgehead atoms. The third-order valence-corrected chi connectivity index (χ3v) is 9.55. The molecular weight excluding hydrogens is 565 g/mol. The van der Waals surface area contributed by atoms with Crippen molar-refractivity contribution in [1.29, 1.82) is 0 Å². The minimum Gasteiger partial charge on any atom is -0.497 e. The predicted octanol–water partition coefficient (Wildman–Crippen LogP) is 6.36. The second-order valence-electron chi connectivity index (χ2n) is 10.5. The molecule has 2 aromatic heterocycles. The van der Waals surface area contributed by atoms with Crippen molar-refractivity contribution < 1.29 is 9.53 Å². The van der Waals surface area contributed by atoms with E-state index in [0.717, 1.165) is 53.3 Å². The molecule has 0 spiro atoms. The van der Waals surface area contributed by atoms with Crippen LogP contribution in [0.15, 0.2) is 82.7 Å². The average molecular weight is 597 g/mol. The van der Waals surface area contributed by atoms with Crippen molar-refractivity contribution in [2.75, 3.05) is 24.7 Å². The van der Waals surface area contributed by atoms with Crippen LogP contribution in [0.4, 0.5) is 5.69 Å². The van der Waals surface area contributed by atoms with Crippen LogP contribution in [0.5, 0.6) is 5.75 Å². The van der Waals surface area contributed by atoms with Crippen LogP contribution in [0, 0.1) is 13.8 Å². The van der Waals surface area contributed by atoms with Gasteiger partial charge >= 0.3 is 0 Å². The minimum atomic E-state index is -0.147. The quantitative estimate of drug-likeness (QED) is 0.166. The van der Waals surface area contributed by atoms with Crippen LogP contribution in [-0.2, 0) is 24.3 Å². The number of hydrogen-bond donors (Lipinski definition) is 1. The van der Waals surface area contributed by atoms with Crippen LogP contribution in [0.1, 0.15) is 27.1 Å². The number of carbonyl (C=O) groups is 1. The second kappa shape index (κ2) is 12.1. The van der Waals surface area contributed by atoms with Gasteiger partial charge in [0.25, 0.3) is 5.56 Å². The Morgan fingerprint density at radius 3 is 2.62 bits per heavy atom. The Labute approximate surface area is 253 Å². The van der Waals surface area contributed by atoms with Gasteiger partial charge in [-0.05, 0) is 72.9 Å². The maximum atomic E-state index is 14.2. The fraction of sp³-hybridized carbons (Fsp3) is 0.242. The number of anilines is 1. The van der Waals surface area contributed by atoms with Gasteiger partial charge < -0.3 is 10.1 Å². The molecule has 0 unspecified atom stereocenters. The van der Waals surface area contributed by atoms with Gasteiger partial charge in [-0.1, -0.05) is 54.2 Å². The van der Waals surface area contributed by atoms with Crippen LogP contribution < -0.4 is 15.6 Å². The van der Waals surface area contributed by atoms with Crippen LogP contribution in [0.2, 0.25) is 0 Å². The van der Waals surface area contributed by atoms with Crippen molar-refractivity contribution in [3.8, 4) is 11.4 Å². The number of aryl methyl sites for hydroxylation is 2. The summed E-state index contributed by atoms with van der Waals surface area (Å²) in [7, 11) is 1.61. The molecule has 42 heavy (non-hydrogen) atoms. The number of thioether (sulfide) groups is 1. The summed E-state index contributed by atoms with van der Waals surface area (Å²) in [5.41, 5.74) is 5.84. The number of amides is 1. The largest absolute Gasteiger partial charge is 0.497 e. The third kappa shape index (κ3) is 5.86. The molecule has 0 saturated carbocycles. The van der Waals surface area contributed by atoms with Gasteiger partial charge in [0.15, 0.2) is 5.16 Å². The summed E-state index contributed by atoms with van der Waals surface area (Å²) < 4.78 is 6.98. The van der Waals surface area contributed by atoms with Gasteiger partial charge in [0.05, 0.1) is 23.9 Å². The summed E-state index contributed by atoms with van der Waals surface area (Å²) in [4.78, 5) is 36.5. The van der Waals surface area contributed by atoms with E-state index < -0.39 is 0 Å². The molecule has 5 aromatic rings. The molecule has 6 rings (SSSR count). The summed E-state index contributed by atoms with van der Waals surface area (Å²) in [6.07, 6.45) is 0.798. The highest BCUT2D eigenvalue weighted by Crippen LogP contribution is 2.35. The molecule has 0 aliphatic carbocycles. The van der Waals surface area contributed by atoms with Crippen molar-refractivity contribution in [1.82, 2.24) is 14.5 Å². The molecule has 1 N–H and O–H groups in total. The summed E-state index contributed by atoms with van der Waals surface area (Å²) in [5.74, 6) is 0.679. The van der Waals surface area contributed by atoms with Crippen molar-refractivity contribution >= 4 is 44.9 Å². The molecule has 1 amide bonds. The Morgan fingerprint density at radius 2 is 1.86 bits per heavy atom. The van der Waals surface area contributed by atoms with Gasteiger partial charge in [-0.3, -0.25) is 19.1 Å². The number of hydrogen-bond acceptors (Lipinski definition) is 7. The zero-order valence-electron chi connectivity index (χ0n) is 23.8. The molecular formula is C33H32N4O3S2. The van der Waals surface area contributed by atoms with E-state index in [0.29, 0.717) is 22.0 Å². The predicted molar refractivity (Wildman–Crippen MR) is 171 cm³/mol. The molecule has 0 fully saturated rings. The lowest BCUT2D eigenvalue weighted by Gasteiger charge is -2.26. The number of benzene rings is 3. The van der Waals surface area contributed by atoms with Crippen molar-refractivity contribution in [3.63, 3.8) is 0 Å². The highest BCUT2D eigenvalue weighted by Gasteiger charge is 2.26. The number of ether oxygens (including phenoxy) is 1. The molecule has 3 heterocycles. The van der Waals surface area contributed by atoms with Gasteiger partial charge in [0.1, 0.15) is 10.6 Å². The van der Waals surface area contributed by atoms with Crippen LogP contribution in [0.25, 0.3) is 15.9 Å². The summed E-state index contributed by atoms with van der Waals surface area (Å²) in [6, 6.07) is 23.8. The average Bonchev–Trinajstić information content (AvgIpc) is 3.36. The van der Waals surface area contributed by atoms with Gasteiger partial charge in [-0.25, -0.2) is 4.98 Å². The Kier molecular flexibility index (Phi) is 8.15. The molecule has 0 atom stereocenters. The Hall–Kier alpha value is -3.92. The third-order valence-electron chi connectivity index (χ3n) is 7.50. The van der Waals surface area contributed by atoms with Gasteiger partial charge in [-0.2, -0.15) is 0 Å². The van der Waals surface area contributed by atoms with E-state index in [-0.39, 0.29) is 17.2 Å². The minimum absolute atomic E-state index is 0.100. The lowest BCUT2D eigenvalue weighted by Crippen LogP contribution is -2.30. The van der Waals surface area contributed by atoms with Crippen LogP contribution in [-0.4, -0.2) is 39.8 Å². The Bertz CT molecular complexity index is 1810. The Balaban J connectivity index is 1.33. The van der Waals surface area contributed by atoms with Crippen LogP contribution >= 0.6 is 23.1 Å². The summed E-state index contributed by atoms with van der Waals surface area (Å²) >= 11 is 2.86. The van der Waals surface area contributed by atoms with E-state index in [2.05, 4.69) is 34.5 Å². The molecule has 214 valence electrons. The van der Waals surface area contributed by atoms with Gasteiger partial charge in [0, 0.05) is 30.2 Å². The fourth-order valence-electron chi connectivity index (χ4n) is 5.30. The van der Waals surface area contributed by atoms with Crippen LogP contribution in [0.3, 0.4) is 0 Å².